The minimum Gasteiger partial charge on any atom is -0.317 e. The molecule has 0 bridgehead atoms. The fraction of sp³-hybridized carbons (Fsp3) is 0.267. The van der Waals surface area contributed by atoms with Gasteiger partial charge in [0.1, 0.15) is 11.9 Å². The summed E-state index contributed by atoms with van der Waals surface area (Å²) in [5.41, 5.74) is -0.933. The molecule has 5 nitrogen and oxygen atoms in total. The number of rotatable bonds is 4. The Hall–Kier alpha value is -2.20. The van der Waals surface area contributed by atoms with E-state index in [1.807, 2.05) is 0 Å². The second-order valence-corrected chi connectivity index (χ2v) is 7.33. The van der Waals surface area contributed by atoms with Crippen molar-refractivity contribution in [1.82, 2.24) is 8.87 Å². The number of aromatic nitrogens is 1. The third kappa shape index (κ3) is 3.90. The molecule has 25 heavy (non-hydrogen) atoms. The molecule has 0 fully saturated rings. The molecule has 1 aromatic heterocycles. The molecule has 0 aliphatic heterocycles. The van der Waals surface area contributed by atoms with E-state index in [9.17, 15) is 30.8 Å². The third-order valence-corrected chi connectivity index (χ3v) is 5.40. The summed E-state index contributed by atoms with van der Waals surface area (Å²) in [6, 6.07) is 2.77. The SMILES string of the molecule is CN(C(c1ccc(F)cc1)C(F)(F)F)S(=O)(=O)c1ccc(=O)n(C)c1. The van der Waals surface area contributed by atoms with Gasteiger partial charge in [-0.2, -0.15) is 17.5 Å². The van der Waals surface area contributed by atoms with Gasteiger partial charge in [-0.15, -0.1) is 0 Å². The van der Waals surface area contributed by atoms with Crippen molar-refractivity contribution in [3.8, 4) is 0 Å². The highest BCUT2D eigenvalue weighted by molar-refractivity contribution is 7.89. The van der Waals surface area contributed by atoms with E-state index in [1.165, 1.54) is 7.05 Å². The lowest BCUT2D eigenvalue weighted by molar-refractivity contribution is -0.171. The largest absolute Gasteiger partial charge is 0.409 e. The lowest BCUT2D eigenvalue weighted by Crippen LogP contribution is -2.40. The molecule has 136 valence electrons. The van der Waals surface area contributed by atoms with E-state index in [1.54, 1.807) is 0 Å². The summed E-state index contributed by atoms with van der Waals surface area (Å²) < 4.78 is 79.7. The molecule has 2 rings (SSSR count). The molecule has 0 spiro atoms. The molecule has 0 radical (unpaired) electrons. The standard InChI is InChI=1S/C15H14F4N2O3S/c1-20-9-12(7-8-13(20)22)25(23,24)21(2)14(15(17,18)19)10-3-5-11(16)6-4-10/h3-9,14H,1-2H3. The predicted molar refractivity (Wildman–Crippen MR) is 81.8 cm³/mol. The topological polar surface area (TPSA) is 59.4 Å². The number of halogens is 4. The van der Waals surface area contributed by atoms with Crippen LogP contribution in [-0.4, -0.2) is 30.5 Å². The molecule has 2 aromatic rings. The Kier molecular flexibility index (Phi) is 5.05. The third-order valence-electron chi connectivity index (χ3n) is 3.60. The van der Waals surface area contributed by atoms with E-state index < -0.39 is 44.1 Å². The average molecular weight is 378 g/mol. The van der Waals surface area contributed by atoms with Crippen LogP contribution < -0.4 is 5.56 Å². The Morgan fingerprint density at radius 1 is 1.08 bits per heavy atom. The number of alkyl halides is 3. The van der Waals surface area contributed by atoms with E-state index in [4.69, 9.17) is 0 Å². The van der Waals surface area contributed by atoms with Gasteiger partial charge < -0.3 is 4.57 Å². The van der Waals surface area contributed by atoms with Gasteiger partial charge in [-0.05, 0) is 23.8 Å². The van der Waals surface area contributed by atoms with E-state index in [0.29, 0.717) is 0 Å². The predicted octanol–water partition coefficient (Wildman–Crippen LogP) is 2.45. The number of nitrogens with zero attached hydrogens (tertiary/aromatic N) is 2. The molecule has 1 atom stereocenters. The van der Waals surface area contributed by atoms with Gasteiger partial charge in [0, 0.05) is 26.4 Å². The van der Waals surface area contributed by atoms with Gasteiger partial charge in [0.05, 0.1) is 4.90 Å². The molecular weight excluding hydrogens is 364 g/mol. The maximum Gasteiger partial charge on any atom is 0.409 e. The number of aryl methyl sites for hydroxylation is 1. The molecular formula is C15H14F4N2O3S. The maximum absolute atomic E-state index is 13.5. The molecule has 0 aliphatic rings. The minimum atomic E-state index is -4.93. The summed E-state index contributed by atoms with van der Waals surface area (Å²) >= 11 is 0. The molecule has 1 unspecified atom stereocenters. The van der Waals surface area contributed by atoms with E-state index in [2.05, 4.69) is 0 Å². The van der Waals surface area contributed by atoms with Crippen LogP contribution in [0.3, 0.4) is 0 Å². The number of sulfonamides is 1. The van der Waals surface area contributed by atoms with Crippen LogP contribution in [0.5, 0.6) is 0 Å². The zero-order chi connectivity index (χ0) is 19.0. The summed E-state index contributed by atoms with van der Waals surface area (Å²) in [7, 11) is -2.50. The monoisotopic (exact) mass is 378 g/mol. The Morgan fingerprint density at radius 2 is 1.64 bits per heavy atom. The zero-order valence-electron chi connectivity index (χ0n) is 13.2. The highest BCUT2D eigenvalue weighted by atomic mass is 32.2. The number of benzene rings is 1. The first kappa shape index (κ1) is 19.1. The lowest BCUT2D eigenvalue weighted by Gasteiger charge is -2.29. The van der Waals surface area contributed by atoms with Crippen molar-refractivity contribution in [2.45, 2.75) is 17.1 Å². The van der Waals surface area contributed by atoms with Gasteiger partial charge >= 0.3 is 6.18 Å². The normalized spacial score (nSPS) is 13.9. The van der Waals surface area contributed by atoms with Crippen molar-refractivity contribution in [3.05, 3.63) is 64.3 Å². The highest BCUT2D eigenvalue weighted by Crippen LogP contribution is 2.39. The molecule has 0 saturated heterocycles. The van der Waals surface area contributed by atoms with Crippen LogP contribution in [0, 0.1) is 5.82 Å². The van der Waals surface area contributed by atoms with Gasteiger partial charge in [0.25, 0.3) is 0 Å². The Balaban J connectivity index is 2.55. The number of hydrogen-bond acceptors (Lipinski definition) is 3. The quantitative estimate of drug-likeness (QED) is 0.768. The Morgan fingerprint density at radius 3 is 2.12 bits per heavy atom. The number of pyridine rings is 1. The van der Waals surface area contributed by atoms with Crippen molar-refractivity contribution in [2.75, 3.05) is 7.05 Å². The van der Waals surface area contributed by atoms with Crippen LogP contribution in [0.1, 0.15) is 11.6 Å². The van der Waals surface area contributed by atoms with Crippen LogP contribution >= 0.6 is 0 Å². The van der Waals surface area contributed by atoms with Crippen molar-refractivity contribution in [2.24, 2.45) is 7.05 Å². The molecule has 10 heteroatoms. The molecule has 1 aromatic carbocycles. The fourth-order valence-corrected chi connectivity index (χ4v) is 3.66. The minimum absolute atomic E-state index is 0.153. The van der Waals surface area contributed by atoms with Crippen LogP contribution in [0.4, 0.5) is 17.6 Å². The van der Waals surface area contributed by atoms with Gasteiger partial charge in [-0.3, -0.25) is 4.79 Å². The van der Waals surface area contributed by atoms with E-state index >= 15 is 0 Å². The molecule has 0 aliphatic carbocycles. The Bertz CT molecular complexity index is 921. The van der Waals surface area contributed by atoms with Crippen molar-refractivity contribution in [1.29, 1.82) is 0 Å². The molecule has 0 saturated carbocycles. The fourth-order valence-electron chi connectivity index (χ4n) is 2.28. The maximum atomic E-state index is 13.5. The molecule has 1 heterocycles. The summed E-state index contributed by atoms with van der Waals surface area (Å²) in [5.74, 6) is -0.742. The first-order chi connectivity index (χ1) is 11.4. The van der Waals surface area contributed by atoms with E-state index in [0.717, 1.165) is 54.2 Å². The lowest BCUT2D eigenvalue weighted by atomic mass is 10.1. The number of hydrogen-bond donors (Lipinski definition) is 0. The van der Waals surface area contributed by atoms with Crippen LogP contribution in [0.2, 0.25) is 0 Å². The summed E-state index contributed by atoms with van der Waals surface area (Å²) in [5, 5.41) is 0. The first-order valence-electron chi connectivity index (χ1n) is 6.91. The van der Waals surface area contributed by atoms with Crippen molar-refractivity contribution < 1.29 is 26.0 Å². The van der Waals surface area contributed by atoms with Crippen LogP contribution in [0.15, 0.2) is 52.3 Å². The van der Waals surface area contributed by atoms with E-state index in [-0.39, 0.29) is 4.31 Å². The summed E-state index contributed by atoms with van der Waals surface area (Å²) in [4.78, 5) is 10.9. The average Bonchev–Trinajstić information content (AvgIpc) is 2.50. The zero-order valence-corrected chi connectivity index (χ0v) is 14.0. The summed E-state index contributed by atoms with van der Waals surface area (Å²) in [6.45, 7) is 0. The van der Waals surface area contributed by atoms with Crippen molar-refractivity contribution >= 4 is 10.0 Å². The van der Waals surface area contributed by atoms with Crippen LogP contribution in [-0.2, 0) is 17.1 Å². The second kappa shape index (κ2) is 6.60. The summed E-state index contributed by atoms with van der Waals surface area (Å²) in [6.07, 6.45) is -3.99. The first-order valence-corrected chi connectivity index (χ1v) is 8.35. The Labute approximate surface area is 141 Å². The highest BCUT2D eigenvalue weighted by Gasteiger charge is 2.47. The molecule has 0 amide bonds. The van der Waals surface area contributed by atoms with Gasteiger partial charge in [0.2, 0.25) is 15.6 Å². The second-order valence-electron chi connectivity index (χ2n) is 5.33. The van der Waals surface area contributed by atoms with Crippen molar-refractivity contribution in [3.63, 3.8) is 0 Å². The van der Waals surface area contributed by atoms with Gasteiger partial charge in [-0.25, -0.2) is 12.8 Å². The van der Waals surface area contributed by atoms with Crippen LogP contribution in [0.25, 0.3) is 0 Å². The van der Waals surface area contributed by atoms with Gasteiger partial charge in [0.15, 0.2) is 0 Å². The smallest absolute Gasteiger partial charge is 0.317 e. The molecule has 0 N–H and O–H groups in total. The van der Waals surface area contributed by atoms with Gasteiger partial charge in [-0.1, -0.05) is 12.1 Å².